The second-order valence-electron chi connectivity index (χ2n) is 14.2. The number of nitrogens with zero attached hydrogens (tertiary/aromatic N) is 8. The van der Waals surface area contributed by atoms with E-state index in [1.165, 1.54) is 49.8 Å². The molecule has 0 aliphatic heterocycles. The Labute approximate surface area is 351 Å². The van der Waals surface area contributed by atoms with Crippen LogP contribution >= 0.6 is 11.8 Å². The van der Waals surface area contributed by atoms with Crippen LogP contribution in [-0.4, -0.2) is 89.3 Å². The van der Waals surface area contributed by atoms with Crippen LogP contribution in [0.3, 0.4) is 0 Å². The number of carbonyl (C=O) groups is 4. The number of nitrogens with one attached hydrogen (secondary N) is 2. The number of H-pyrrole nitrogens is 1. The van der Waals surface area contributed by atoms with Crippen molar-refractivity contribution >= 4 is 51.9 Å². The monoisotopic (exact) mass is 850 g/mol. The number of anilines is 2. The second-order valence-corrected chi connectivity index (χ2v) is 15.1. The molecular formula is C41H52F2N10O6S. The maximum absolute atomic E-state index is 13.7. The summed E-state index contributed by atoms with van der Waals surface area (Å²) in [5.74, 6) is -1.20. The third kappa shape index (κ3) is 14.2. The van der Waals surface area contributed by atoms with Crippen LogP contribution in [0.4, 0.5) is 25.0 Å². The highest BCUT2D eigenvalue weighted by Crippen LogP contribution is 2.27. The highest BCUT2D eigenvalue weighted by atomic mass is 32.2. The van der Waals surface area contributed by atoms with Gasteiger partial charge in [0.2, 0.25) is 11.1 Å². The summed E-state index contributed by atoms with van der Waals surface area (Å²) in [6.07, 6.45) is 9.59. The Morgan fingerprint density at radius 2 is 1.58 bits per heavy atom. The lowest BCUT2D eigenvalue weighted by Gasteiger charge is -2.22. The first kappa shape index (κ1) is 45.4. The number of fused-ring (bicyclic) bond motifs is 1. The summed E-state index contributed by atoms with van der Waals surface area (Å²) in [4.78, 5) is 56.8. The van der Waals surface area contributed by atoms with Gasteiger partial charge in [0, 0.05) is 52.9 Å². The van der Waals surface area contributed by atoms with Gasteiger partial charge in [-0.15, -0.1) is 10.2 Å². The number of ether oxygens (including phenoxy) is 2. The maximum Gasteiger partial charge on any atom is 0.328 e. The molecule has 5 aromatic rings. The van der Waals surface area contributed by atoms with Gasteiger partial charge in [0.1, 0.15) is 6.54 Å². The van der Waals surface area contributed by atoms with Crippen molar-refractivity contribution in [2.45, 2.75) is 115 Å². The fourth-order valence-electron chi connectivity index (χ4n) is 6.37. The molecule has 3 heterocycles. The average Bonchev–Trinajstić information content (AvgIpc) is 3.93. The van der Waals surface area contributed by atoms with Gasteiger partial charge >= 0.3 is 11.9 Å². The van der Waals surface area contributed by atoms with E-state index in [9.17, 15) is 28.0 Å². The Morgan fingerprint density at radius 3 is 2.28 bits per heavy atom. The van der Waals surface area contributed by atoms with Gasteiger partial charge in [-0.05, 0) is 66.6 Å². The lowest BCUT2D eigenvalue weighted by molar-refractivity contribution is -0.148. The Bertz CT molecular complexity index is 2130. The van der Waals surface area contributed by atoms with E-state index >= 15 is 0 Å². The number of aryl methyl sites for hydroxylation is 1. The number of halogens is 2. The van der Waals surface area contributed by atoms with Crippen molar-refractivity contribution < 1.29 is 37.4 Å². The number of para-hydroxylation sites is 1. The fourth-order valence-corrected chi connectivity index (χ4v) is 7.12. The standard InChI is InChI=1S/C41H52F2N10O6S/c1-3-4-5-6-7-8-9-10-11-15-26-58-36(55)23-22-35(54)44-31-20-18-30(19-21-31)38-45-39-33(29(2)47-53(39)48-38)24-25-51(32-16-13-12-14-17-32)41(57)60-40-46-49-50-52(40)27-37(56)59-28-34(42)43/h12-14,16-21,34,47H,3-11,15,22-28H2,1-2H3,(H,44,54). The van der Waals surface area contributed by atoms with Crippen LogP contribution in [0.2, 0.25) is 0 Å². The van der Waals surface area contributed by atoms with Crippen molar-refractivity contribution in [1.82, 2.24) is 40.0 Å². The van der Waals surface area contributed by atoms with Crippen molar-refractivity contribution in [2.75, 3.05) is 30.0 Å². The van der Waals surface area contributed by atoms with Crippen LogP contribution in [0.15, 0.2) is 59.8 Å². The summed E-state index contributed by atoms with van der Waals surface area (Å²) < 4.78 is 37.4. The Hall–Kier alpha value is -5.72. The number of hydrogen-bond donors (Lipinski definition) is 2. The molecule has 0 radical (unpaired) electrons. The van der Waals surface area contributed by atoms with Crippen LogP contribution < -0.4 is 10.2 Å². The molecule has 0 saturated heterocycles. The molecule has 60 heavy (non-hydrogen) atoms. The normalized spacial score (nSPS) is 11.3. The molecule has 3 aromatic heterocycles. The average molecular weight is 851 g/mol. The quantitative estimate of drug-likeness (QED) is 0.0328. The van der Waals surface area contributed by atoms with Crippen molar-refractivity contribution in [3.63, 3.8) is 0 Å². The number of thioether (sulfide) groups is 1. The van der Waals surface area contributed by atoms with E-state index in [1.54, 1.807) is 53.2 Å². The van der Waals surface area contributed by atoms with Gasteiger partial charge in [0.15, 0.2) is 18.1 Å². The largest absolute Gasteiger partial charge is 0.466 e. The van der Waals surface area contributed by atoms with Crippen molar-refractivity contribution in [3.8, 4) is 11.4 Å². The number of unbranched alkanes of at least 4 members (excludes halogenated alkanes) is 9. The van der Waals surface area contributed by atoms with E-state index in [4.69, 9.17) is 9.72 Å². The van der Waals surface area contributed by atoms with E-state index < -0.39 is 30.8 Å². The van der Waals surface area contributed by atoms with Crippen molar-refractivity contribution in [1.29, 1.82) is 0 Å². The predicted molar refractivity (Wildman–Crippen MR) is 222 cm³/mol. The van der Waals surface area contributed by atoms with Gasteiger partial charge < -0.3 is 19.7 Å². The first-order chi connectivity index (χ1) is 29.1. The zero-order chi connectivity index (χ0) is 42.7. The molecule has 0 unspecified atom stereocenters. The molecule has 322 valence electrons. The number of rotatable bonds is 25. The fraction of sp³-hybridized carbons (Fsp3) is 0.488. The van der Waals surface area contributed by atoms with Gasteiger partial charge in [-0.2, -0.15) is 4.63 Å². The molecule has 0 atom stereocenters. The zero-order valence-electron chi connectivity index (χ0n) is 34.0. The zero-order valence-corrected chi connectivity index (χ0v) is 34.8. The first-order valence-electron chi connectivity index (χ1n) is 20.4. The third-order valence-electron chi connectivity index (χ3n) is 9.55. The van der Waals surface area contributed by atoms with Crippen molar-refractivity contribution in [2.24, 2.45) is 0 Å². The van der Waals surface area contributed by atoms with Crippen LogP contribution in [0.1, 0.15) is 95.2 Å². The molecule has 0 aliphatic carbocycles. The SMILES string of the molecule is CCCCCCCCCCCCOC(=O)CCC(=O)Nc1ccc(-c2nc3c(CCN(C(=O)Sc4nnnn4CC(=O)OCC(F)F)c4ccccc4)c(C)[nH]n3n2)cc1. The molecular weight excluding hydrogens is 799 g/mol. The number of carbonyl (C=O) groups excluding carboxylic acids is 4. The minimum atomic E-state index is -2.82. The number of aromatic nitrogens is 8. The van der Waals surface area contributed by atoms with Gasteiger partial charge in [0.25, 0.3) is 11.7 Å². The number of amides is 2. The van der Waals surface area contributed by atoms with Crippen molar-refractivity contribution in [3.05, 3.63) is 65.9 Å². The number of alkyl halides is 2. The molecule has 0 fully saturated rings. The molecule has 0 saturated carbocycles. The van der Waals surface area contributed by atoms with E-state index in [0.29, 0.717) is 53.2 Å². The minimum Gasteiger partial charge on any atom is -0.466 e. The lowest BCUT2D eigenvalue weighted by atomic mass is 10.1. The highest BCUT2D eigenvalue weighted by Gasteiger charge is 2.24. The van der Waals surface area contributed by atoms with E-state index in [0.717, 1.165) is 35.2 Å². The Balaban J connectivity index is 1.10. The molecule has 0 bridgehead atoms. The van der Waals surface area contributed by atoms with E-state index in [-0.39, 0.29) is 36.4 Å². The molecule has 16 nitrogen and oxygen atoms in total. The van der Waals surface area contributed by atoms with Gasteiger partial charge in [-0.25, -0.2) is 18.4 Å². The maximum atomic E-state index is 13.7. The molecule has 19 heteroatoms. The summed E-state index contributed by atoms with van der Waals surface area (Å²) in [5, 5.41) is 21.2. The number of aromatic amines is 1. The molecule has 2 amide bonds. The topological polar surface area (TPSA) is 192 Å². The first-order valence-corrected chi connectivity index (χ1v) is 21.2. The molecule has 2 N–H and O–H groups in total. The lowest BCUT2D eigenvalue weighted by Crippen LogP contribution is -2.30. The van der Waals surface area contributed by atoms with Gasteiger partial charge in [-0.3, -0.25) is 24.3 Å². The summed E-state index contributed by atoms with van der Waals surface area (Å²) in [7, 11) is 0. The minimum absolute atomic E-state index is 0.00977. The number of tetrazole rings is 1. The van der Waals surface area contributed by atoms with E-state index in [1.807, 2.05) is 13.0 Å². The van der Waals surface area contributed by atoms with Crippen LogP contribution in [-0.2, 0) is 36.8 Å². The molecule has 0 spiro atoms. The third-order valence-corrected chi connectivity index (χ3v) is 10.4. The second kappa shape index (κ2) is 23.8. The Morgan fingerprint density at radius 1 is 0.883 bits per heavy atom. The molecule has 0 aliphatic rings. The summed E-state index contributed by atoms with van der Waals surface area (Å²) in [6.45, 7) is 3.09. The predicted octanol–water partition coefficient (Wildman–Crippen LogP) is 7.97. The number of hydrogen-bond acceptors (Lipinski definition) is 12. The number of benzene rings is 2. The van der Waals surface area contributed by atoms with Gasteiger partial charge in [-0.1, -0.05) is 82.9 Å². The highest BCUT2D eigenvalue weighted by molar-refractivity contribution is 8.13. The Kier molecular flexibility index (Phi) is 18.0. The molecule has 5 rings (SSSR count). The molecule has 2 aromatic carbocycles. The van der Waals surface area contributed by atoms with Crippen LogP contribution in [0.5, 0.6) is 0 Å². The van der Waals surface area contributed by atoms with Gasteiger partial charge in [0.05, 0.1) is 13.0 Å². The summed E-state index contributed by atoms with van der Waals surface area (Å²) >= 11 is 0.679. The summed E-state index contributed by atoms with van der Waals surface area (Å²) in [5.41, 5.74) is 4.06. The summed E-state index contributed by atoms with van der Waals surface area (Å²) in [6, 6.07) is 16.0. The van der Waals surface area contributed by atoms with Crippen LogP contribution in [0.25, 0.3) is 17.0 Å². The number of esters is 2. The van der Waals surface area contributed by atoms with E-state index in [2.05, 4.69) is 42.7 Å². The smallest absolute Gasteiger partial charge is 0.328 e. The van der Waals surface area contributed by atoms with Crippen LogP contribution in [0, 0.1) is 6.92 Å².